The van der Waals surface area contributed by atoms with E-state index < -0.39 is 0 Å². The minimum Gasteiger partial charge on any atom is -0.288 e. The van der Waals surface area contributed by atoms with Gasteiger partial charge >= 0.3 is 0 Å². The van der Waals surface area contributed by atoms with E-state index in [0.717, 1.165) is 11.1 Å². The second-order valence-corrected chi connectivity index (χ2v) is 21.8. The molecule has 2 unspecified atom stereocenters. The highest BCUT2D eigenvalue weighted by atomic mass is 32.2. The van der Waals surface area contributed by atoms with Gasteiger partial charge in [0, 0.05) is 22.0 Å². The molecule has 4 heteroatoms. The van der Waals surface area contributed by atoms with Gasteiger partial charge in [-0.2, -0.15) is 0 Å². The van der Waals surface area contributed by atoms with E-state index in [1.165, 1.54) is 126 Å². The fourth-order valence-electron chi connectivity index (χ4n) is 7.07. The fourth-order valence-corrected chi connectivity index (χ4v) is 13.8. The third-order valence-electron chi connectivity index (χ3n) is 9.87. The van der Waals surface area contributed by atoms with Crippen LogP contribution in [0.5, 0.6) is 0 Å². The number of rotatable bonds is 26. The van der Waals surface area contributed by atoms with Gasteiger partial charge in [-0.1, -0.05) is 194 Å². The van der Waals surface area contributed by atoms with Crippen LogP contribution >= 0.6 is 0 Å². The third-order valence-corrected chi connectivity index (χ3v) is 16.3. The highest BCUT2D eigenvalue weighted by molar-refractivity contribution is 7.98. The Bertz CT molecular complexity index is 1140. The molecule has 0 amide bonds. The number of benzene rings is 2. The Morgan fingerprint density at radius 3 is 0.981 bits per heavy atom. The summed E-state index contributed by atoms with van der Waals surface area (Å²) in [5.41, 5.74) is 1.83. The summed E-state index contributed by atoms with van der Waals surface area (Å²) in [6, 6.07) is 19.9. The van der Waals surface area contributed by atoms with Gasteiger partial charge < -0.3 is 0 Å². The number of carbonyl (C=O) groups is 2. The van der Waals surface area contributed by atoms with Crippen LogP contribution < -0.4 is 0 Å². The molecule has 2 aromatic carbocycles. The first-order valence-corrected chi connectivity index (χ1v) is 24.6. The molecule has 296 valence electrons. The van der Waals surface area contributed by atoms with Crippen molar-refractivity contribution in [1.29, 1.82) is 0 Å². The van der Waals surface area contributed by atoms with Crippen molar-refractivity contribution in [2.75, 3.05) is 23.0 Å². The maximum Gasteiger partial charge on any atom is 0.215 e. The molecule has 0 fully saturated rings. The summed E-state index contributed by atoms with van der Waals surface area (Å²) in [6.07, 6.45) is 20.9. The van der Waals surface area contributed by atoms with Crippen molar-refractivity contribution < 1.29 is 9.59 Å². The van der Waals surface area contributed by atoms with Gasteiger partial charge in [-0.05, 0) is 60.3 Å². The number of carbonyl (C=O) groups excluding carboxylic acids is 2. The highest BCUT2D eigenvalue weighted by Gasteiger charge is 2.46. The zero-order chi connectivity index (χ0) is 38.8. The van der Waals surface area contributed by atoms with Crippen LogP contribution in [0.15, 0.2) is 60.7 Å². The minimum atomic E-state index is 0.0143. The molecule has 0 bridgehead atoms. The van der Waals surface area contributed by atoms with Gasteiger partial charge in [0.2, 0.25) is 11.6 Å². The first-order valence-electron chi connectivity index (χ1n) is 21.3. The summed E-state index contributed by atoms with van der Waals surface area (Å²) in [6.45, 7) is 22.6. The summed E-state index contributed by atoms with van der Waals surface area (Å²) in [7, 11) is 0.362. The van der Waals surface area contributed by atoms with E-state index in [1.807, 2.05) is 60.7 Å². The van der Waals surface area contributed by atoms with E-state index in [0.29, 0.717) is 11.6 Å². The number of ketones is 2. The van der Waals surface area contributed by atoms with Crippen molar-refractivity contribution in [2.45, 2.75) is 182 Å². The average molecular weight is 755 g/mol. The van der Waals surface area contributed by atoms with E-state index >= 15 is 0 Å². The van der Waals surface area contributed by atoms with Crippen LogP contribution in [0.3, 0.4) is 0 Å². The lowest BCUT2D eigenvalue weighted by Crippen LogP contribution is -2.44. The molecule has 0 spiro atoms. The van der Waals surface area contributed by atoms with E-state index in [1.54, 1.807) is 0 Å². The molecule has 0 aliphatic rings. The minimum absolute atomic E-state index is 0.0143. The summed E-state index contributed by atoms with van der Waals surface area (Å²) in [5.74, 6) is 5.61. The fraction of sp³-hybridized carbons (Fsp3) is 0.708. The summed E-state index contributed by atoms with van der Waals surface area (Å²) in [4.78, 5) is 26.8. The van der Waals surface area contributed by atoms with E-state index in [9.17, 15) is 9.59 Å². The van der Waals surface area contributed by atoms with Crippen LogP contribution in [-0.2, 0) is 21.8 Å². The van der Waals surface area contributed by atoms with Gasteiger partial charge in [-0.3, -0.25) is 9.59 Å². The molecule has 2 aromatic rings. The van der Waals surface area contributed by atoms with Gasteiger partial charge in [0.1, 0.15) is 23.0 Å². The van der Waals surface area contributed by atoms with Crippen molar-refractivity contribution in [1.82, 2.24) is 0 Å². The molecule has 0 aliphatic heterocycles. The Labute approximate surface area is 329 Å². The standard InChI is InChI=1S/C28H49OS.C20H33OS/c1-6-8-10-12-14-19-23-30(24-20-15-13-11-9-7-2)27(28(3,4)5)26(29)25-21-17-16-18-22-25;1-6-8-15-22(16-9-7-2)19(20(3,4)5)18(21)17-13-11-10-12-14-17/h16-18,21-22,27H,6-15,19-20,23-24H2,1-5H3;10-14,19H,6-9,15-16H2,1-5H3/q2*+1. The lowest BCUT2D eigenvalue weighted by Gasteiger charge is -2.29. The van der Waals surface area contributed by atoms with E-state index in [2.05, 4.69) is 69.2 Å². The number of unbranched alkanes of at least 4 members (excludes halogenated alkanes) is 12. The lowest BCUT2D eigenvalue weighted by atomic mass is 9.87. The van der Waals surface area contributed by atoms with E-state index in [-0.39, 0.29) is 43.1 Å². The smallest absolute Gasteiger partial charge is 0.215 e. The number of Topliss-reactive ketones (excluding diaryl/α,β-unsaturated/α-hetero) is 2. The van der Waals surface area contributed by atoms with Crippen molar-refractivity contribution in [3.63, 3.8) is 0 Å². The second kappa shape index (κ2) is 28.0. The first-order chi connectivity index (χ1) is 24.8. The van der Waals surface area contributed by atoms with Crippen molar-refractivity contribution >= 4 is 33.4 Å². The molecule has 0 radical (unpaired) electrons. The zero-order valence-electron chi connectivity index (χ0n) is 35.7. The molecule has 2 nitrogen and oxygen atoms in total. The van der Waals surface area contributed by atoms with Gasteiger partial charge in [-0.15, -0.1) is 0 Å². The predicted molar refractivity (Wildman–Crippen MR) is 239 cm³/mol. The second-order valence-electron chi connectivity index (χ2n) is 17.1. The summed E-state index contributed by atoms with van der Waals surface area (Å²) >= 11 is 0. The molecule has 0 heterocycles. The number of hydrogen-bond acceptors (Lipinski definition) is 2. The predicted octanol–water partition coefficient (Wildman–Crippen LogP) is 14.1. The van der Waals surface area contributed by atoms with Gasteiger partial charge in [0.05, 0.1) is 0 Å². The molecular weight excluding hydrogens is 673 g/mol. The molecule has 0 aliphatic carbocycles. The monoisotopic (exact) mass is 755 g/mol. The van der Waals surface area contributed by atoms with Crippen LogP contribution in [-0.4, -0.2) is 45.1 Å². The van der Waals surface area contributed by atoms with Crippen LogP contribution in [0.4, 0.5) is 0 Å². The third kappa shape index (κ3) is 19.7. The van der Waals surface area contributed by atoms with Crippen LogP contribution in [0.1, 0.15) is 193 Å². The quantitative estimate of drug-likeness (QED) is 0.0544. The van der Waals surface area contributed by atoms with Crippen molar-refractivity contribution in [3.8, 4) is 0 Å². The Balaban J connectivity index is 0.000000545. The lowest BCUT2D eigenvalue weighted by molar-refractivity contribution is 0.0939. The largest absolute Gasteiger partial charge is 0.288 e. The number of hydrogen-bond donors (Lipinski definition) is 0. The zero-order valence-corrected chi connectivity index (χ0v) is 37.3. The van der Waals surface area contributed by atoms with Crippen molar-refractivity contribution in [3.05, 3.63) is 71.8 Å². The van der Waals surface area contributed by atoms with Gasteiger partial charge in [0.25, 0.3) is 0 Å². The van der Waals surface area contributed by atoms with Gasteiger partial charge in [-0.25, -0.2) is 0 Å². The van der Waals surface area contributed by atoms with Crippen molar-refractivity contribution in [2.24, 2.45) is 10.8 Å². The molecule has 0 saturated carbocycles. The Kier molecular flexibility index (Phi) is 26.1. The maximum atomic E-state index is 13.6. The normalized spacial score (nSPS) is 13.2. The SMILES string of the molecule is CCCCCCCC[S+](CCCCCCCC)C(C(=O)c1ccccc1)C(C)(C)C.CCCC[S+](CCCC)C(C(=O)c1ccccc1)C(C)(C)C. The summed E-state index contributed by atoms with van der Waals surface area (Å²) < 4.78 is 0. The molecule has 52 heavy (non-hydrogen) atoms. The maximum absolute atomic E-state index is 13.6. The molecule has 2 atom stereocenters. The average Bonchev–Trinajstić information content (AvgIpc) is 3.11. The molecule has 0 N–H and O–H groups in total. The Hall–Kier alpha value is -1.52. The summed E-state index contributed by atoms with van der Waals surface area (Å²) in [5, 5.41) is 0.291. The Morgan fingerprint density at radius 2 is 0.692 bits per heavy atom. The molecule has 2 rings (SSSR count). The molecular formula is C48H82O2S2+2. The Morgan fingerprint density at radius 1 is 0.423 bits per heavy atom. The van der Waals surface area contributed by atoms with Crippen LogP contribution in [0.2, 0.25) is 0 Å². The van der Waals surface area contributed by atoms with Gasteiger partial charge in [0.15, 0.2) is 10.5 Å². The van der Waals surface area contributed by atoms with E-state index in [4.69, 9.17) is 0 Å². The highest BCUT2D eigenvalue weighted by Crippen LogP contribution is 2.33. The topological polar surface area (TPSA) is 34.1 Å². The molecule has 0 saturated heterocycles. The van der Waals surface area contributed by atoms with Crippen LogP contribution in [0, 0.1) is 10.8 Å². The first kappa shape index (κ1) is 48.5. The van der Waals surface area contributed by atoms with Crippen LogP contribution in [0.25, 0.3) is 0 Å². The molecule has 0 aromatic heterocycles.